The fourth-order valence-electron chi connectivity index (χ4n) is 4.03. The van der Waals surface area contributed by atoms with Gasteiger partial charge in [0.25, 0.3) is 0 Å². The molecule has 3 aromatic rings. The smallest absolute Gasteiger partial charge is 0.220 e. The number of hydrogen-bond acceptors (Lipinski definition) is 5. The molecular formula is C24H28N4O3. The number of amides is 1. The second kappa shape index (κ2) is 9.64. The van der Waals surface area contributed by atoms with Crippen molar-refractivity contribution in [2.24, 2.45) is 0 Å². The molecule has 0 spiro atoms. The molecule has 1 aliphatic rings. The zero-order valence-electron chi connectivity index (χ0n) is 18.0. The minimum Gasteiger partial charge on any atom is -0.493 e. The number of rotatable bonds is 7. The van der Waals surface area contributed by atoms with E-state index >= 15 is 0 Å². The minimum absolute atomic E-state index is 0.0701. The van der Waals surface area contributed by atoms with Gasteiger partial charge in [-0.1, -0.05) is 36.4 Å². The Hall–Kier alpha value is -3.35. The molecule has 1 amide bonds. The zero-order valence-corrected chi connectivity index (χ0v) is 18.0. The number of aryl methyl sites for hydroxylation is 2. The molecule has 4 rings (SSSR count). The molecule has 0 saturated heterocycles. The first-order valence-corrected chi connectivity index (χ1v) is 10.7. The van der Waals surface area contributed by atoms with Crippen LogP contribution in [0.3, 0.4) is 0 Å². The lowest BCUT2D eigenvalue weighted by Gasteiger charge is -2.16. The molecule has 0 bridgehead atoms. The van der Waals surface area contributed by atoms with Crippen LogP contribution in [0.5, 0.6) is 11.5 Å². The van der Waals surface area contributed by atoms with E-state index in [4.69, 9.17) is 9.47 Å². The van der Waals surface area contributed by atoms with E-state index < -0.39 is 0 Å². The number of fused-ring (bicyclic) bond motifs is 1. The summed E-state index contributed by atoms with van der Waals surface area (Å²) in [5.74, 6) is 3.33. The monoisotopic (exact) mass is 420 g/mol. The van der Waals surface area contributed by atoms with Crippen LogP contribution in [0.1, 0.15) is 30.7 Å². The van der Waals surface area contributed by atoms with Gasteiger partial charge in [-0.05, 0) is 37.0 Å². The van der Waals surface area contributed by atoms with Gasteiger partial charge in [0, 0.05) is 31.0 Å². The summed E-state index contributed by atoms with van der Waals surface area (Å²) in [6.45, 7) is 0.799. The van der Waals surface area contributed by atoms with E-state index in [-0.39, 0.29) is 11.9 Å². The maximum atomic E-state index is 12.6. The van der Waals surface area contributed by atoms with Crippen molar-refractivity contribution >= 4 is 5.91 Å². The third-order valence-electron chi connectivity index (χ3n) is 5.73. The van der Waals surface area contributed by atoms with Gasteiger partial charge in [-0.15, -0.1) is 10.2 Å². The molecule has 0 radical (unpaired) electrons. The van der Waals surface area contributed by atoms with Crippen molar-refractivity contribution in [3.63, 3.8) is 0 Å². The largest absolute Gasteiger partial charge is 0.493 e. The van der Waals surface area contributed by atoms with Crippen LogP contribution in [0.2, 0.25) is 0 Å². The predicted molar refractivity (Wildman–Crippen MR) is 118 cm³/mol. The standard InChI is InChI=1S/C24H28N4O3/c1-30-20-11-8-17(16-21(20)31-2)9-13-23(29)25-19-10-12-22-26-27-24(28(22)15-14-19)18-6-4-3-5-7-18/h3-8,11,16,19H,9-10,12-15H2,1-2H3,(H,25,29). The summed E-state index contributed by atoms with van der Waals surface area (Å²) in [4.78, 5) is 12.6. The van der Waals surface area contributed by atoms with E-state index in [1.54, 1.807) is 14.2 Å². The summed E-state index contributed by atoms with van der Waals surface area (Å²) in [6, 6.07) is 16.0. The SMILES string of the molecule is COc1ccc(CCC(=O)NC2CCc3nnc(-c4ccccc4)n3CC2)cc1OC. The van der Waals surface area contributed by atoms with E-state index in [1.165, 1.54) is 0 Å². The molecule has 0 aliphatic carbocycles. The van der Waals surface area contributed by atoms with Gasteiger partial charge >= 0.3 is 0 Å². The molecule has 7 heteroatoms. The number of carbonyl (C=O) groups excluding carboxylic acids is 1. The molecule has 162 valence electrons. The molecule has 2 aromatic carbocycles. The van der Waals surface area contributed by atoms with Gasteiger partial charge in [-0.2, -0.15) is 0 Å². The van der Waals surface area contributed by atoms with E-state index in [9.17, 15) is 4.79 Å². The van der Waals surface area contributed by atoms with Crippen LogP contribution >= 0.6 is 0 Å². The average molecular weight is 421 g/mol. The number of methoxy groups -OCH3 is 2. The van der Waals surface area contributed by atoms with Gasteiger partial charge in [-0.25, -0.2) is 0 Å². The Bertz CT molecular complexity index is 1030. The molecule has 1 atom stereocenters. The van der Waals surface area contributed by atoms with E-state index in [0.29, 0.717) is 24.3 Å². The number of aromatic nitrogens is 3. The van der Waals surface area contributed by atoms with E-state index in [2.05, 4.69) is 32.2 Å². The van der Waals surface area contributed by atoms with Gasteiger partial charge in [-0.3, -0.25) is 4.79 Å². The fraction of sp³-hybridized carbons (Fsp3) is 0.375. The molecular weight excluding hydrogens is 392 g/mol. The topological polar surface area (TPSA) is 78.3 Å². The molecule has 0 fully saturated rings. The van der Waals surface area contributed by atoms with Crippen molar-refractivity contribution in [2.45, 2.75) is 44.7 Å². The summed E-state index contributed by atoms with van der Waals surface area (Å²) in [6.07, 6.45) is 3.64. The van der Waals surface area contributed by atoms with Crippen molar-refractivity contribution in [2.75, 3.05) is 14.2 Å². The van der Waals surface area contributed by atoms with Crippen molar-refractivity contribution in [1.82, 2.24) is 20.1 Å². The first kappa shape index (κ1) is 20.9. The highest BCUT2D eigenvalue weighted by Gasteiger charge is 2.22. The lowest BCUT2D eigenvalue weighted by molar-refractivity contribution is -0.121. The molecule has 1 N–H and O–H groups in total. The second-order valence-electron chi connectivity index (χ2n) is 7.74. The average Bonchev–Trinajstić information content (AvgIpc) is 3.12. The molecule has 31 heavy (non-hydrogen) atoms. The predicted octanol–water partition coefficient (Wildman–Crippen LogP) is 3.42. The van der Waals surface area contributed by atoms with Crippen LogP contribution in [-0.4, -0.2) is 40.9 Å². The van der Waals surface area contributed by atoms with Crippen LogP contribution in [0, 0.1) is 0 Å². The lowest BCUT2D eigenvalue weighted by atomic mass is 10.1. The number of carbonyl (C=O) groups is 1. The number of ether oxygens (including phenoxy) is 2. The molecule has 2 heterocycles. The maximum Gasteiger partial charge on any atom is 0.220 e. The molecule has 1 unspecified atom stereocenters. The van der Waals surface area contributed by atoms with Gasteiger partial charge in [0.1, 0.15) is 5.82 Å². The summed E-state index contributed by atoms with van der Waals surface area (Å²) < 4.78 is 12.8. The third kappa shape index (κ3) is 4.87. The molecule has 0 saturated carbocycles. The molecule has 7 nitrogen and oxygen atoms in total. The van der Waals surface area contributed by atoms with Crippen molar-refractivity contribution < 1.29 is 14.3 Å². The van der Waals surface area contributed by atoms with Crippen molar-refractivity contribution in [1.29, 1.82) is 0 Å². The van der Waals surface area contributed by atoms with E-state index in [0.717, 1.165) is 48.6 Å². The Morgan fingerprint density at radius 3 is 2.65 bits per heavy atom. The normalized spacial score (nSPS) is 15.6. The van der Waals surface area contributed by atoms with Gasteiger partial charge in [0.2, 0.25) is 5.91 Å². The zero-order chi connectivity index (χ0) is 21.6. The van der Waals surface area contributed by atoms with Gasteiger partial charge in [0.05, 0.1) is 14.2 Å². The van der Waals surface area contributed by atoms with Crippen LogP contribution in [0.25, 0.3) is 11.4 Å². The third-order valence-corrected chi connectivity index (χ3v) is 5.73. The molecule has 1 aliphatic heterocycles. The summed E-state index contributed by atoms with van der Waals surface area (Å²) in [7, 11) is 3.23. The Kier molecular flexibility index (Phi) is 6.50. The number of nitrogens with zero attached hydrogens (tertiary/aromatic N) is 3. The Morgan fingerprint density at radius 2 is 1.87 bits per heavy atom. The van der Waals surface area contributed by atoms with Gasteiger partial charge < -0.3 is 19.4 Å². The lowest BCUT2D eigenvalue weighted by Crippen LogP contribution is -2.35. The fourth-order valence-corrected chi connectivity index (χ4v) is 4.03. The Morgan fingerprint density at radius 1 is 1.06 bits per heavy atom. The Balaban J connectivity index is 1.32. The van der Waals surface area contributed by atoms with Crippen LogP contribution in [0.4, 0.5) is 0 Å². The second-order valence-corrected chi connectivity index (χ2v) is 7.74. The van der Waals surface area contributed by atoms with E-state index in [1.807, 2.05) is 36.4 Å². The summed E-state index contributed by atoms with van der Waals surface area (Å²) >= 11 is 0. The maximum absolute atomic E-state index is 12.6. The van der Waals surface area contributed by atoms with Gasteiger partial charge in [0.15, 0.2) is 17.3 Å². The van der Waals surface area contributed by atoms with Crippen LogP contribution in [-0.2, 0) is 24.2 Å². The van der Waals surface area contributed by atoms with Crippen LogP contribution < -0.4 is 14.8 Å². The summed E-state index contributed by atoms with van der Waals surface area (Å²) in [5, 5.41) is 12.0. The number of nitrogens with one attached hydrogen (secondary N) is 1. The minimum atomic E-state index is 0.0701. The van der Waals surface area contributed by atoms with Crippen LogP contribution in [0.15, 0.2) is 48.5 Å². The Labute approximate surface area is 182 Å². The van der Waals surface area contributed by atoms with Crippen molar-refractivity contribution in [3.05, 3.63) is 59.9 Å². The summed E-state index contributed by atoms with van der Waals surface area (Å²) in [5.41, 5.74) is 2.12. The quantitative estimate of drug-likeness (QED) is 0.634. The number of benzene rings is 2. The number of hydrogen-bond donors (Lipinski definition) is 1. The highest BCUT2D eigenvalue weighted by molar-refractivity contribution is 5.76. The highest BCUT2D eigenvalue weighted by atomic mass is 16.5. The molecule has 1 aromatic heterocycles. The first-order valence-electron chi connectivity index (χ1n) is 10.7. The highest BCUT2D eigenvalue weighted by Crippen LogP contribution is 2.28. The first-order chi connectivity index (χ1) is 15.2. The van der Waals surface area contributed by atoms with Crippen molar-refractivity contribution in [3.8, 4) is 22.9 Å².